The Morgan fingerprint density at radius 1 is 0.533 bits per heavy atom. The van der Waals surface area contributed by atoms with Crippen LogP contribution in [0.15, 0.2) is 121 Å². The summed E-state index contributed by atoms with van der Waals surface area (Å²) in [6, 6.07) is 42.2. The monoisotopic (exact) mass is 404 g/mol. The molecule has 0 spiro atoms. The van der Waals surface area contributed by atoms with Crippen LogP contribution in [0.2, 0.25) is 0 Å². The van der Waals surface area contributed by atoms with Gasteiger partial charge in [0.05, 0.1) is 0 Å². The van der Waals surface area contributed by atoms with Crippen LogP contribution >= 0.6 is 8.58 Å². The van der Waals surface area contributed by atoms with Crippen molar-refractivity contribution in [1.82, 2.24) is 0 Å². The van der Waals surface area contributed by atoms with E-state index < -0.39 is 0 Å². The first-order valence-corrected chi connectivity index (χ1v) is 11.0. The number of ether oxygens (including phenoxy) is 1. The second kappa shape index (κ2) is 8.53. The van der Waals surface area contributed by atoms with Gasteiger partial charge in [-0.1, -0.05) is 112 Å². The van der Waals surface area contributed by atoms with Gasteiger partial charge in [-0.15, -0.1) is 0 Å². The van der Waals surface area contributed by atoms with E-state index in [0.717, 1.165) is 16.9 Å². The van der Waals surface area contributed by atoms with Crippen molar-refractivity contribution < 1.29 is 4.74 Å². The van der Waals surface area contributed by atoms with E-state index in [-0.39, 0.29) is 0 Å². The van der Waals surface area contributed by atoms with Crippen molar-refractivity contribution in [1.29, 1.82) is 0 Å². The lowest BCUT2D eigenvalue weighted by atomic mass is 10.1. The summed E-state index contributed by atoms with van der Waals surface area (Å²) in [5.41, 5.74) is 2.48. The molecule has 0 aliphatic rings. The van der Waals surface area contributed by atoms with E-state index in [0.29, 0.717) is 8.58 Å². The molecule has 0 aliphatic heterocycles. The quantitative estimate of drug-likeness (QED) is 0.289. The Morgan fingerprint density at radius 2 is 1.23 bits per heavy atom. The Hall–Kier alpha value is -3.41. The highest BCUT2D eigenvalue weighted by Crippen LogP contribution is 2.31. The van der Waals surface area contributed by atoms with Gasteiger partial charge >= 0.3 is 0 Å². The van der Waals surface area contributed by atoms with E-state index in [1.54, 1.807) is 0 Å². The summed E-state index contributed by atoms with van der Waals surface area (Å²) in [7, 11) is 0.634. The summed E-state index contributed by atoms with van der Waals surface area (Å²) in [6.45, 7) is 0. The molecule has 5 rings (SSSR count). The molecular formula is C28H21OP. The molecule has 1 unspecified atom stereocenters. The summed E-state index contributed by atoms with van der Waals surface area (Å²) in [4.78, 5) is 0. The van der Waals surface area contributed by atoms with Crippen molar-refractivity contribution in [2.75, 3.05) is 0 Å². The normalized spacial score (nSPS) is 11.2. The highest BCUT2D eigenvalue weighted by molar-refractivity contribution is 7.55. The molecule has 0 amide bonds. The molecule has 0 radical (unpaired) electrons. The Balaban J connectivity index is 1.42. The highest BCUT2D eigenvalue weighted by Gasteiger charge is 2.07. The highest BCUT2D eigenvalue weighted by atomic mass is 31.1. The van der Waals surface area contributed by atoms with E-state index in [1.165, 1.54) is 27.1 Å². The molecule has 0 saturated heterocycles. The minimum Gasteiger partial charge on any atom is -0.457 e. The van der Waals surface area contributed by atoms with Crippen LogP contribution in [0.4, 0.5) is 0 Å². The van der Waals surface area contributed by atoms with Crippen LogP contribution in [0.25, 0.3) is 21.9 Å². The number of hydrogen-bond acceptors (Lipinski definition) is 1. The van der Waals surface area contributed by atoms with Crippen molar-refractivity contribution in [2.24, 2.45) is 0 Å². The fraction of sp³-hybridized carbons (Fsp3) is 0. The Bertz CT molecular complexity index is 1270. The molecule has 0 aliphatic carbocycles. The maximum Gasteiger partial charge on any atom is 0.135 e. The third kappa shape index (κ3) is 3.99. The predicted molar refractivity (Wildman–Crippen MR) is 130 cm³/mol. The summed E-state index contributed by atoms with van der Waals surface area (Å²) < 4.78 is 6.21. The standard InChI is InChI=1S/C28H21OP/c1-2-11-24(12-3-1)30-28-16-7-6-14-26(28)22-17-19-23(20-18-22)29-27-15-8-10-21-9-4-5-13-25(21)27/h1-20,30H. The van der Waals surface area contributed by atoms with Gasteiger partial charge in [0.15, 0.2) is 0 Å². The lowest BCUT2D eigenvalue weighted by Gasteiger charge is -2.12. The Morgan fingerprint density at radius 3 is 2.10 bits per heavy atom. The Kier molecular flexibility index (Phi) is 5.29. The number of rotatable bonds is 5. The number of benzene rings is 5. The van der Waals surface area contributed by atoms with Crippen LogP contribution in [0.3, 0.4) is 0 Å². The first-order valence-electron chi connectivity index (χ1n) is 10.0. The van der Waals surface area contributed by atoms with E-state index in [1.807, 2.05) is 18.2 Å². The zero-order valence-corrected chi connectivity index (χ0v) is 17.5. The fourth-order valence-corrected chi connectivity index (χ4v) is 4.85. The minimum atomic E-state index is 0.634. The van der Waals surface area contributed by atoms with E-state index in [4.69, 9.17) is 4.74 Å². The van der Waals surface area contributed by atoms with Gasteiger partial charge < -0.3 is 4.74 Å². The minimum absolute atomic E-state index is 0.634. The van der Waals surface area contributed by atoms with E-state index >= 15 is 0 Å². The molecule has 0 bridgehead atoms. The van der Waals surface area contributed by atoms with Crippen LogP contribution in [-0.2, 0) is 0 Å². The molecule has 0 saturated carbocycles. The van der Waals surface area contributed by atoms with E-state index in [2.05, 4.69) is 103 Å². The molecule has 1 nitrogen and oxygen atoms in total. The number of fused-ring (bicyclic) bond motifs is 1. The third-order valence-electron chi connectivity index (χ3n) is 5.12. The predicted octanol–water partition coefficient (Wildman–Crippen LogP) is 6.93. The third-order valence-corrected chi connectivity index (χ3v) is 6.45. The summed E-state index contributed by atoms with van der Waals surface area (Å²) in [5, 5.41) is 5.01. The lowest BCUT2D eigenvalue weighted by Crippen LogP contribution is -2.05. The van der Waals surface area contributed by atoms with E-state index in [9.17, 15) is 0 Å². The second-order valence-corrected chi connectivity index (χ2v) is 8.51. The maximum absolute atomic E-state index is 6.21. The average Bonchev–Trinajstić information content (AvgIpc) is 2.81. The topological polar surface area (TPSA) is 9.23 Å². The summed E-state index contributed by atoms with van der Waals surface area (Å²) in [6.07, 6.45) is 0. The zero-order valence-electron chi connectivity index (χ0n) is 16.5. The molecule has 0 N–H and O–H groups in total. The van der Waals surface area contributed by atoms with Crippen LogP contribution in [0.5, 0.6) is 11.5 Å². The molecule has 2 heteroatoms. The first-order chi connectivity index (χ1) is 14.9. The molecule has 0 fully saturated rings. The smallest absolute Gasteiger partial charge is 0.135 e. The number of hydrogen-bond donors (Lipinski definition) is 0. The van der Waals surface area contributed by atoms with Gasteiger partial charge in [0.25, 0.3) is 0 Å². The molecule has 0 heterocycles. The summed E-state index contributed by atoms with van der Waals surface area (Å²) in [5.74, 6) is 1.73. The molecular weight excluding hydrogens is 383 g/mol. The lowest BCUT2D eigenvalue weighted by molar-refractivity contribution is 0.488. The van der Waals surface area contributed by atoms with Crippen molar-refractivity contribution in [3.63, 3.8) is 0 Å². The molecule has 0 aromatic heterocycles. The molecule has 1 atom stereocenters. The van der Waals surface area contributed by atoms with Gasteiger partial charge in [-0.25, -0.2) is 0 Å². The fourth-order valence-electron chi connectivity index (χ4n) is 3.64. The largest absolute Gasteiger partial charge is 0.457 e. The zero-order chi connectivity index (χ0) is 20.2. The summed E-state index contributed by atoms with van der Waals surface area (Å²) >= 11 is 0. The van der Waals surface area contributed by atoms with Gasteiger partial charge in [0.2, 0.25) is 0 Å². The SMILES string of the molecule is c1ccc(Pc2ccccc2-c2ccc(Oc3cccc4ccccc34)cc2)cc1. The van der Waals surface area contributed by atoms with Crippen LogP contribution in [-0.4, -0.2) is 0 Å². The Labute approximate surface area is 178 Å². The van der Waals surface area contributed by atoms with Gasteiger partial charge in [0.1, 0.15) is 11.5 Å². The van der Waals surface area contributed by atoms with Crippen molar-refractivity contribution in [2.45, 2.75) is 0 Å². The molecule has 144 valence electrons. The molecule has 30 heavy (non-hydrogen) atoms. The van der Waals surface area contributed by atoms with Crippen LogP contribution in [0.1, 0.15) is 0 Å². The van der Waals surface area contributed by atoms with Gasteiger partial charge in [-0.2, -0.15) is 0 Å². The first kappa shape index (κ1) is 18.6. The second-order valence-electron chi connectivity index (χ2n) is 7.14. The maximum atomic E-state index is 6.21. The average molecular weight is 404 g/mol. The van der Waals surface area contributed by atoms with Crippen LogP contribution in [0, 0.1) is 0 Å². The van der Waals surface area contributed by atoms with Crippen molar-refractivity contribution in [3.05, 3.63) is 121 Å². The van der Waals surface area contributed by atoms with Gasteiger partial charge in [-0.05, 0) is 45.3 Å². The van der Waals surface area contributed by atoms with Crippen molar-refractivity contribution in [3.8, 4) is 22.6 Å². The molecule has 5 aromatic carbocycles. The van der Waals surface area contributed by atoms with Gasteiger partial charge in [0, 0.05) is 5.39 Å². The van der Waals surface area contributed by atoms with Crippen molar-refractivity contribution >= 4 is 30.0 Å². The van der Waals surface area contributed by atoms with Gasteiger partial charge in [-0.3, -0.25) is 0 Å². The van der Waals surface area contributed by atoms with Crippen LogP contribution < -0.4 is 15.3 Å². The molecule has 5 aromatic rings.